The van der Waals surface area contributed by atoms with Crippen molar-refractivity contribution in [1.29, 1.82) is 0 Å². The molecule has 34 heavy (non-hydrogen) atoms. The molecule has 0 N–H and O–H groups in total. The third-order valence-corrected chi connectivity index (χ3v) is 5.66. The number of esters is 1. The molecule has 0 heterocycles. The minimum atomic E-state index is -0.653. The van der Waals surface area contributed by atoms with Gasteiger partial charge in [-0.1, -0.05) is 54.6 Å². The van der Waals surface area contributed by atoms with Crippen molar-refractivity contribution in [3.8, 4) is 11.5 Å². The summed E-state index contributed by atoms with van der Waals surface area (Å²) in [5, 5.41) is 0. The highest BCUT2D eigenvalue weighted by Gasteiger charge is 2.28. The zero-order valence-electron chi connectivity index (χ0n) is 19.2. The number of carbonyl (C=O) groups excluding carboxylic acids is 2. The van der Waals surface area contributed by atoms with E-state index in [9.17, 15) is 9.59 Å². The normalized spacial score (nSPS) is 13.6. The number of Topliss-reactive ketones (excluding diaryl/α,β-unsaturated/α-hetero) is 1. The zero-order chi connectivity index (χ0) is 24.1. The van der Waals surface area contributed by atoms with Crippen molar-refractivity contribution in [3.63, 3.8) is 0 Å². The maximum Gasteiger partial charge on any atom is 0.341 e. The second-order valence-electron chi connectivity index (χ2n) is 7.58. The SMILES string of the molecule is COC(=O)C1=Cc2ccccc2/C(=C/C=C(c2ccc(OC)cc2)c2ccc(OC)cc2)C1=O. The molecule has 3 aromatic carbocycles. The maximum atomic E-state index is 13.2. The van der Waals surface area contributed by atoms with Crippen LogP contribution in [0, 0.1) is 0 Å². The van der Waals surface area contributed by atoms with Crippen LogP contribution in [0.3, 0.4) is 0 Å². The predicted octanol–water partition coefficient (Wildman–Crippen LogP) is 5.36. The van der Waals surface area contributed by atoms with E-state index in [4.69, 9.17) is 14.2 Å². The fraction of sp³-hybridized carbons (Fsp3) is 0.103. The van der Waals surface area contributed by atoms with Crippen molar-refractivity contribution < 1.29 is 23.8 Å². The van der Waals surface area contributed by atoms with Crippen LogP contribution in [-0.4, -0.2) is 33.1 Å². The van der Waals surface area contributed by atoms with Gasteiger partial charge >= 0.3 is 5.97 Å². The standard InChI is InChI=1S/C29H24O5/c1-32-22-12-8-19(9-13-22)24(20-10-14-23(33-2)15-11-20)16-17-26-25-7-5-4-6-21(25)18-27(28(26)30)29(31)34-3/h4-18H,1-3H3/b26-17-. The van der Waals surface area contributed by atoms with Crippen LogP contribution in [0.25, 0.3) is 17.2 Å². The second kappa shape index (κ2) is 10.0. The molecule has 1 aliphatic rings. The summed E-state index contributed by atoms with van der Waals surface area (Å²) >= 11 is 0. The summed E-state index contributed by atoms with van der Waals surface area (Å²) < 4.78 is 15.4. The minimum Gasteiger partial charge on any atom is -0.497 e. The number of benzene rings is 3. The molecule has 0 saturated carbocycles. The van der Waals surface area contributed by atoms with Crippen LogP contribution in [0.15, 0.2) is 90.5 Å². The van der Waals surface area contributed by atoms with Gasteiger partial charge in [0.15, 0.2) is 0 Å². The number of fused-ring (bicyclic) bond motifs is 1. The summed E-state index contributed by atoms with van der Waals surface area (Å²) in [4.78, 5) is 25.5. The van der Waals surface area contributed by atoms with Crippen LogP contribution in [-0.2, 0) is 14.3 Å². The first-order valence-electron chi connectivity index (χ1n) is 10.7. The molecule has 0 aromatic heterocycles. The average molecular weight is 453 g/mol. The summed E-state index contributed by atoms with van der Waals surface area (Å²) in [5.41, 5.74) is 4.79. The lowest BCUT2D eigenvalue weighted by atomic mass is 9.86. The third kappa shape index (κ3) is 4.55. The van der Waals surface area contributed by atoms with Crippen LogP contribution in [0.5, 0.6) is 11.5 Å². The monoisotopic (exact) mass is 452 g/mol. The lowest BCUT2D eigenvalue weighted by molar-refractivity contribution is -0.137. The van der Waals surface area contributed by atoms with E-state index in [1.807, 2.05) is 78.9 Å². The number of hydrogen-bond donors (Lipinski definition) is 0. The quantitative estimate of drug-likeness (QED) is 0.286. The van der Waals surface area contributed by atoms with Gasteiger partial charge in [0.05, 0.1) is 21.3 Å². The Hall–Kier alpha value is -4.38. The summed E-state index contributed by atoms with van der Waals surface area (Å²) in [7, 11) is 4.52. The lowest BCUT2D eigenvalue weighted by Crippen LogP contribution is -2.19. The number of methoxy groups -OCH3 is 3. The Morgan fingerprint density at radius 2 is 1.32 bits per heavy atom. The Bertz CT molecular complexity index is 1260. The molecule has 0 saturated heterocycles. The second-order valence-corrected chi connectivity index (χ2v) is 7.58. The topological polar surface area (TPSA) is 61.8 Å². The maximum absolute atomic E-state index is 13.2. The molecule has 0 atom stereocenters. The fourth-order valence-electron chi connectivity index (χ4n) is 3.85. The van der Waals surface area contributed by atoms with Gasteiger partial charge in [-0.05, 0) is 64.2 Å². The van der Waals surface area contributed by atoms with Gasteiger partial charge in [-0.3, -0.25) is 4.79 Å². The van der Waals surface area contributed by atoms with Gasteiger partial charge in [0.1, 0.15) is 17.1 Å². The van der Waals surface area contributed by atoms with Crippen LogP contribution >= 0.6 is 0 Å². The van der Waals surface area contributed by atoms with Gasteiger partial charge in [0.2, 0.25) is 5.78 Å². The number of rotatable bonds is 6. The van der Waals surface area contributed by atoms with Gasteiger partial charge in [0.25, 0.3) is 0 Å². The van der Waals surface area contributed by atoms with Crippen molar-refractivity contribution in [2.45, 2.75) is 0 Å². The van der Waals surface area contributed by atoms with Crippen molar-refractivity contribution in [2.24, 2.45) is 0 Å². The first-order valence-corrected chi connectivity index (χ1v) is 10.7. The van der Waals surface area contributed by atoms with E-state index in [-0.39, 0.29) is 11.4 Å². The molecular weight excluding hydrogens is 428 g/mol. The molecule has 0 radical (unpaired) electrons. The molecule has 170 valence electrons. The highest BCUT2D eigenvalue weighted by Crippen LogP contribution is 2.33. The van der Waals surface area contributed by atoms with Crippen LogP contribution in [0.4, 0.5) is 0 Å². The van der Waals surface area contributed by atoms with Crippen LogP contribution in [0.1, 0.15) is 22.3 Å². The lowest BCUT2D eigenvalue weighted by Gasteiger charge is -2.17. The molecule has 0 aliphatic heterocycles. The molecule has 0 unspecified atom stereocenters. The molecule has 0 fully saturated rings. The smallest absolute Gasteiger partial charge is 0.341 e. The molecule has 4 rings (SSSR count). The van der Waals surface area contributed by atoms with Gasteiger partial charge in [-0.25, -0.2) is 4.79 Å². The Morgan fingerprint density at radius 3 is 1.85 bits per heavy atom. The molecule has 1 aliphatic carbocycles. The molecule has 5 nitrogen and oxygen atoms in total. The fourth-order valence-corrected chi connectivity index (χ4v) is 3.85. The van der Waals surface area contributed by atoms with E-state index < -0.39 is 5.97 Å². The highest BCUT2D eigenvalue weighted by atomic mass is 16.5. The Balaban J connectivity index is 1.86. The molecule has 5 heteroatoms. The number of carbonyl (C=O) groups is 2. The average Bonchev–Trinajstić information content (AvgIpc) is 2.89. The Kier molecular flexibility index (Phi) is 6.74. The van der Waals surface area contributed by atoms with Crippen molar-refractivity contribution >= 4 is 29.0 Å². The first kappa shape index (κ1) is 22.8. The van der Waals surface area contributed by atoms with E-state index >= 15 is 0 Å². The summed E-state index contributed by atoms with van der Waals surface area (Å²) in [5.74, 6) is 0.478. The van der Waals surface area contributed by atoms with Crippen molar-refractivity contribution in [1.82, 2.24) is 0 Å². The molecule has 0 spiro atoms. The molecule has 3 aromatic rings. The zero-order valence-corrected chi connectivity index (χ0v) is 19.2. The number of ether oxygens (including phenoxy) is 3. The van der Waals surface area contributed by atoms with Gasteiger partial charge < -0.3 is 14.2 Å². The van der Waals surface area contributed by atoms with E-state index in [0.717, 1.165) is 39.3 Å². The number of allylic oxidation sites excluding steroid dienone is 3. The molecule has 0 amide bonds. The summed E-state index contributed by atoms with van der Waals surface area (Å²) in [6, 6.07) is 22.9. The first-order chi connectivity index (χ1) is 16.5. The largest absolute Gasteiger partial charge is 0.497 e. The van der Waals surface area contributed by atoms with E-state index in [1.165, 1.54) is 7.11 Å². The van der Waals surface area contributed by atoms with Crippen molar-refractivity contribution in [2.75, 3.05) is 21.3 Å². The summed E-state index contributed by atoms with van der Waals surface area (Å²) in [6.45, 7) is 0. The highest BCUT2D eigenvalue weighted by molar-refractivity contribution is 6.41. The van der Waals surface area contributed by atoms with Crippen molar-refractivity contribution in [3.05, 3.63) is 113 Å². The number of ketones is 1. The van der Waals surface area contributed by atoms with Gasteiger partial charge in [0, 0.05) is 5.57 Å². The van der Waals surface area contributed by atoms with E-state index in [0.29, 0.717) is 5.57 Å². The van der Waals surface area contributed by atoms with E-state index in [1.54, 1.807) is 26.4 Å². The Morgan fingerprint density at radius 1 is 0.765 bits per heavy atom. The Labute approximate surface area is 198 Å². The third-order valence-electron chi connectivity index (χ3n) is 5.66. The van der Waals surface area contributed by atoms with Gasteiger partial charge in [-0.2, -0.15) is 0 Å². The number of hydrogen-bond acceptors (Lipinski definition) is 5. The van der Waals surface area contributed by atoms with Crippen LogP contribution < -0.4 is 9.47 Å². The minimum absolute atomic E-state index is 0.0105. The molecular formula is C29H24O5. The summed E-state index contributed by atoms with van der Waals surface area (Å²) in [6.07, 6.45) is 5.24. The van der Waals surface area contributed by atoms with E-state index in [2.05, 4.69) is 0 Å². The van der Waals surface area contributed by atoms with Gasteiger partial charge in [-0.15, -0.1) is 0 Å². The molecule has 0 bridgehead atoms. The van der Waals surface area contributed by atoms with Crippen LogP contribution in [0.2, 0.25) is 0 Å². The predicted molar refractivity (Wildman–Crippen MR) is 132 cm³/mol.